The summed E-state index contributed by atoms with van der Waals surface area (Å²) in [7, 11) is 0. The van der Waals surface area contributed by atoms with Crippen molar-refractivity contribution in [3.8, 4) is 11.5 Å². The number of fused-ring (bicyclic) bond motifs is 2. The average molecular weight is 511 g/mol. The van der Waals surface area contributed by atoms with Gasteiger partial charge in [-0.05, 0) is 48.9 Å². The topological polar surface area (TPSA) is 142 Å². The van der Waals surface area contributed by atoms with Gasteiger partial charge in [0.15, 0.2) is 11.5 Å². The molecule has 0 aliphatic carbocycles. The van der Waals surface area contributed by atoms with Crippen molar-refractivity contribution in [2.24, 2.45) is 0 Å². The Bertz CT molecular complexity index is 1690. The highest BCUT2D eigenvalue weighted by Gasteiger charge is 2.48. The summed E-state index contributed by atoms with van der Waals surface area (Å²) in [6.45, 7) is 2.63. The van der Waals surface area contributed by atoms with E-state index in [1.165, 1.54) is 23.1 Å². The van der Waals surface area contributed by atoms with Gasteiger partial charge in [0.1, 0.15) is 19.0 Å². The lowest BCUT2D eigenvalue weighted by atomic mass is 9.94. The number of aryl methyl sites for hydroxylation is 1. The van der Waals surface area contributed by atoms with Gasteiger partial charge in [-0.2, -0.15) is 0 Å². The zero-order valence-corrected chi connectivity index (χ0v) is 20.1. The molecule has 1 saturated heterocycles. The van der Waals surface area contributed by atoms with Crippen LogP contribution < -0.4 is 14.4 Å². The minimum Gasteiger partial charge on any atom is -0.507 e. The molecule has 3 aromatic carbocycles. The van der Waals surface area contributed by atoms with Crippen LogP contribution in [0.2, 0.25) is 0 Å². The maximum atomic E-state index is 13.4. The summed E-state index contributed by atoms with van der Waals surface area (Å²) in [6.07, 6.45) is 0. The van der Waals surface area contributed by atoms with Crippen molar-refractivity contribution in [3.63, 3.8) is 0 Å². The third kappa shape index (κ3) is 3.74. The van der Waals surface area contributed by atoms with Crippen molar-refractivity contribution in [1.82, 2.24) is 9.97 Å². The van der Waals surface area contributed by atoms with Crippen LogP contribution in [0.25, 0.3) is 16.8 Å². The van der Waals surface area contributed by atoms with Crippen LogP contribution in [-0.4, -0.2) is 51.1 Å². The number of nitrogens with zero attached hydrogens (tertiary/aromatic N) is 2. The number of anilines is 1. The van der Waals surface area contributed by atoms with E-state index in [9.17, 15) is 24.6 Å². The Hall–Kier alpha value is -5.12. The highest BCUT2D eigenvalue weighted by Crippen LogP contribution is 2.43. The Balaban J connectivity index is 1.53. The number of hydrogen-bond donors (Lipinski definition) is 3. The molecule has 38 heavy (non-hydrogen) atoms. The molecule has 0 saturated carbocycles. The highest BCUT2D eigenvalue weighted by molar-refractivity contribution is 6.51. The number of aromatic amines is 1. The number of carboxylic acids is 1. The third-order valence-corrected chi connectivity index (χ3v) is 6.56. The average Bonchev–Trinajstić information content (AvgIpc) is 3.45. The number of ether oxygens (including phenoxy) is 2. The molecule has 0 radical (unpaired) electrons. The van der Waals surface area contributed by atoms with Crippen molar-refractivity contribution in [3.05, 3.63) is 88.5 Å². The second-order valence-electron chi connectivity index (χ2n) is 9.04. The van der Waals surface area contributed by atoms with Crippen LogP contribution in [0.5, 0.6) is 11.5 Å². The Morgan fingerprint density at radius 3 is 2.50 bits per heavy atom. The number of aromatic nitrogens is 2. The Labute approximate surface area is 215 Å². The summed E-state index contributed by atoms with van der Waals surface area (Å²) in [5, 5.41) is 20.7. The fraction of sp³-hybridized carbons (Fsp3) is 0.143. The molecular weight excluding hydrogens is 490 g/mol. The molecule has 2 aliphatic heterocycles. The Morgan fingerprint density at radius 1 is 0.974 bits per heavy atom. The van der Waals surface area contributed by atoms with Crippen molar-refractivity contribution in [2.75, 3.05) is 18.1 Å². The number of imidazole rings is 1. The second-order valence-corrected chi connectivity index (χ2v) is 9.04. The maximum Gasteiger partial charge on any atom is 0.335 e. The van der Waals surface area contributed by atoms with E-state index in [-0.39, 0.29) is 22.8 Å². The number of aromatic carboxylic acids is 1. The quantitative estimate of drug-likeness (QED) is 0.212. The molecule has 190 valence electrons. The van der Waals surface area contributed by atoms with Gasteiger partial charge in [0.05, 0.1) is 28.2 Å². The third-order valence-electron chi connectivity index (χ3n) is 6.56. The summed E-state index contributed by atoms with van der Waals surface area (Å²) < 4.78 is 11.2. The van der Waals surface area contributed by atoms with Crippen LogP contribution in [0, 0.1) is 6.92 Å². The number of carboxylic acid groups (broad SMARTS) is 1. The molecule has 1 aromatic heterocycles. The molecule has 1 unspecified atom stereocenters. The van der Waals surface area contributed by atoms with E-state index in [0.29, 0.717) is 46.9 Å². The summed E-state index contributed by atoms with van der Waals surface area (Å²) in [6, 6.07) is 15.4. The van der Waals surface area contributed by atoms with Crippen molar-refractivity contribution >= 4 is 40.4 Å². The summed E-state index contributed by atoms with van der Waals surface area (Å²) in [4.78, 5) is 46.9. The Kier molecular flexibility index (Phi) is 5.37. The summed E-state index contributed by atoms with van der Waals surface area (Å²) in [5.74, 6) is -2.23. The van der Waals surface area contributed by atoms with E-state index in [2.05, 4.69) is 9.97 Å². The predicted octanol–water partition coefficient (Wildman–Crippen LogP) is 3.97. The number of amides is 1. The van der Waals surface area contributed by atoms with Crippen LogP contribution in [0.3, 0.4) is 0 Å². The van der Waals surface area contributed by atoms with Gasteiger partial charge >= 0.3 is 11.9 Å². The van der Waals surface area contributed by atoms with Gasteiger partial charge < -0.3 is 24.7 Å². The number of hydrogen-bond acceptors (Lipinski definition) is 7. The largest absolute Gasteiger partial charge is 0.507 e. The number of ketones is 1. The lowest BCUT2D eigenvalue weighted by Gasteiger charge is -2.23. The van der Waals surface area contributed by atoms with Crippen molar-refractivity contribution < 1.29 is 34.1 Å². The zero-order valence-electron chi connectivity index (χ0n) is 20.1. The van der Waals surface area contributed by atoms with Gasteiger partial charge in [0.25, 0.3) is 5.78 Å². The fourth-order valence-corrected chi connectivity index (χ4v) is 4.80. The van der Waals surface area contributed by atoms with Crippen LogP contribution in [-0.2, 0) is 9.59 Å². The van der Waals surface area contributed by atoms with Crippen molar-refractivity contribution in [2.45, 2.75) is 13.0 Å². The first-order valence-electron chi connectivity index (χ1n) is 11.8. The second kappa shape index (κ2) is 8.77. The minimum atomic E-state index is -1.11. The number of rotatable bonds is 4. The first kappa shape index (κ1) is 23.3. The molecule has 4 aromatic rings. The van der Waals surface area contributed by atoms with Gasteiger partial charge in [-0.25, -0.2) is 9.78 Å². The molecule has 6 rings (SSSR count). The number of H-pyrrole nitrogens is 1. The molecule has 0 spiro atoms. The van der Waals surface area contributed by atoms with Crippen LogP contribution in [0.4, 0.5) is 5.95 Å². The molecule has 1 fully saturated rings. The summed E-state index contributed by atoms with van der Waals surface area (Å²) in [5.41, 5.74) is 2.52. The zero-order chi connectivity index (χ0) is 26.6. The molecule has 0 bridgehead atoms. The van der Waals surface area contributed by atoms with Gasteiger partial charge in [0, 0.05) is 5.56 Å². The van der Waals surface area contributed by atoms with E-state index < -0.39 is 23.7 Å². The standard InChI is InChI=1S/C28H21N3O7/c1-14-3-2-4-15(11-14)23-22(24(32)16-6-8-20-21(13-16)38-10-9-37-20)25(33)26(34)31(23)28-29-18-7-5-17(27(35)36)12-19(18)30-28/h2-8,11-13,23,32H,9-10H2,1H3,(H,29,30)(H,35,36)/b24-22+. The van der Waals surface area contributed by atoms with E-state index in [1.54, 1.807) is 30.3 Å². The molecule has 3 heterocycles. The van der Waals surface area contributed by atoms with Gasteiger partial charge in [-0.15, -0.1) is 0 Å². The first-order chi connectivity index (χ1) is 18.3. The van der Waals surface area contributed by atoms with Gasteiger partial charge in [0.2, 0.25) is 5.95 Å². The number of carbonyl (C=O) groups is 3. The molecule has 10 nitrogen and oxygen atoms in total. The number of carbonyl (C=O) groups excluding carboxylic acids is 2. The van der Waals surface area contributed by atoms with Crippen LogP contribution >= 0.6 is 0 Å². The minimum absolute atomic E-state index is 0.0450. The van der Waals surface area contributed by atoms with E-state index >= 15 is 0 Å². The molecule has 1 atom stereocenters. The number of Topliss-reactive ketones (excluding diaryl/α,β-unsaturated/α-hetero) is 1. The van der Waals surface area contributed by atoms with Gasteiger partial charge in [-0.1, -0.05) is 29.8 Å². The molecule has 2 aliphatic rings. The van der Waals surface area contributed by atoms with Crippen LogP contribution in [0.1, 0.15) is 33.1 Å². The number of aliphatic hydroxyl groups is 1. The van der Waals surface area contributed by atoms with Gasteiger partial charge in [-0.3, -0.25) is 14.5 Å². The van der Waals surface area contributed by atoms with E-state index in [1.807, 2.05) is 19.1 Å². The fourth-order valence-electron chi connectivity index (χ4n) is 4.80. The molecule has 3 N–H and O–H groups in total. The number of nitrogens with one attached hydrogen (secondary N) is 1. The lowest BCUT2D eigenvalue weighted by Crippen LogP contribution is -2.30. The predicted molar refractivity (Wildman–Crippen MR) is 136 cm³/mol. The molecular formula is C28H21N3O7. The van der Waals surface area contributed by atoms with Crippen molar-refractivity contribution in [1.29, 1.82) is 0 Å². The van der Waals surface area contributed by atoms with Crippen LogP contribution in [0.15, 0.2) is 66.2 Å². The smallest absolute Gasteiger partial charge is 0.335 e. The van der Waals surface area contributed by atoms with E-state index in [4.69, 9.17) is 9.47 Å². The highest BCUT2D eigenvalue weighted by atomic mass is 16.6. The van der Waals surface area contributed by atoms with E-state index in [0.717, 1.165) is 5.56 Å². The number of aliphatic hydroxyl groups excluding tert-OH is 1. The maximum absolute atomic E-state index is 13.4. The molecule has 10 heteroatoms. The number of benzene rings is 3. The summed E-state index contributed by atoms with van der Waals surface area (Å²) >= 11 is 0. The first-order valence-corrected chi connectivity index (χ1v) is 11.8. The lowest BCUT2D eigenvalue weighted by molar-refractivity contribution is -0.132. The SMILES string of the molecule is Cc1cccc(C2/C(=C(\O)c3ccc4c(c3)OCCO4)C(=O)C(=O)N2c2nc3ccc(C(=O)O)cc3[nH]2)c1. The molecule has 1 amide bonds. The Morgan fingerprint density at radius 2 is 1.74 bits per heavy atom. The normalized spacial score (nSPS) is 18.2. The monoisotopic (exact) mass is 511 g/mol.